The van der Waals surface area contributed by atoms with E-state index in [1.165, 1.54) is 6.07 Å². The van der Waals surface area contributed by atoms with Crippen molar-refractivity contribution in [1.29, 1.82) is 0 Å². The van der Waals surface area contributed by atoms with Crippen molar-refractivity contribution in [2.24, 2.45) is 4.99 Å². The van der Waals surface area contributed by atoms with Crippen molar-refractivity contribution in [3.63, 3.8) is 0 Å². The van der Waals surface area contributed by atoms with Crippen LogP contribution < -0.4 is 10.6 Å². The van der Waals surface area contributed by atoms with Gasteiger partial charge >= 0.3 is 0 Å². The summed E-state index contributed by atoms with van der Waals surface area (Å²) in [7, 11) is 0. The molecule has 25 heavy (non-hydrogen) atoms. The van der Waals surface area contributed by atoms with Crippen LogP contribution in [0.2, 0.25) is 0 Å². The zero-order chi connectivity index (χ0) is 17.0. The lowest BCUT2D eigenvalue weighted by atomic mass is 9.96. The van der Waals surface area contributed by atoms with E-state index in [-0.39, 0.29) is 35.2 Å². The summed E-state index contributed by atoms with van der Waals surface area (Å²) in [6.45, 7) is 3.98. The van der Waals surface area contributed by atoms with Crippen molar-refractivity contribution in [3.8, 4) is 0 Å². The van der Waals surface area contributed by atoms with Crippen LogP contribution in [0.3, 0.4) is 0 Å². The molecular weight excluding hydrogens is 432 g/mol. The number of aliphatic hydroxyl groups is 1. The minimum absolute atomic E-state index is 0. The molecule has 1 aromatic rings. The number of halogens is 2. The first-order chi connectivity index (χ1) is 11.6. The van der Waals surface area contributed by atoms with Gasteiger partial charge in [0.2, 0.25) is 0 Å². The van der Waals surface area contributed by atoms with Gasteiger partial charge in [-0.05, 0) is 50.3 Å². The number of rotatable bonds is 6. The number of nitrogens with one attached hydrogen (secondary N) is 2. The van der Waals surface area contributed by atoms with Crippen LogP contribution in [-0.4, -0.2) is 36.3 Å². The van der Waals surface area contributed by atoms with Gasteiger partial charge in [-0.15, -0.1) is 24.0 Å². The van der Waals surface area contributed by atoms with Crippen LogP contribution in [0, 0.1) is 5.82 Å². The Kier molecular flexibility index (Phi) is 7.08. The number of aliphatic imine (C=N–C) groups is 1. The molecule has 0 aliphatic heterocycles. The second kappa shape index (κ2) is 8.66. The molecule has 2 saturated carbocycles. The summed E-state index contributed by atoms with van der Waals surface area (Å²) in [5, 5.41) is 17.1. The Morgan fingerprint density at radius 2 is 1.92 bits per heavy atom. The summed E-state index contributed by atoms with van der Waals surface area (Å²) < 4.78 is 13.5. The van der Waals surface area contributed by atoms with Gasteiger partial charge in [-0.2, -0.15) is 0 Å². The number of hydrogen-bond acceptors (Lipinski definition) is 2. The molecule has 0 aromatic heterocycles. The molecule has 0 radical (unpaired) electrons. The van der Waals surface area contributed by atoms with E-state index >= 15 is 0 Å². The van der Waals surface area contributed by atoms with Crippen molar-refractivity contribution < 1.29 is 9.50 Å². The molecule has 0 atom stereocenters. The molecule has 0 bridgehead atoms. The SMILES string of the molecule is CCNC(=NCC1(O)CCCC1)NCC1(c2cccc(F)c2)CC1.I. The molecule has 0 amide bonds. The predicted molar refractivity (Wildman–Crippen MR) is 110 cm³/mol. The number of benzene rings is 1. The summed E-state index contributed by atoms with van der Waals surface area (Å²) in [5.41, 5.74) is 0.435. The number of guanidine groups is 1. The average Bonchev–Trinajstić information content (AvgIpc) is 3.25. The van der Waals surface area contributed by atoms with E-state index in [0.29, 0.717) is 6.54 Å². The molecule has 2 fully saturated rings. The fourth-order valence-electron chi connectivity index (χ4n) is 3.55. The molecular formula is C19H29FIN3O. The summed E-state index contributed by atoms with van der Waals surface area (Å²) in [4.78, 5) is 4.58. The third-order valence-electron chi connectivity index (χ3n) is 5.29. The molecule has 0 saturated heterocycles. The molecule has 140 valence electrons. The van der Waals surface area contributed by atoms with Crippen LogP contribution in [0.5, 0.6) is 0 Å². The number of nitrogens with zero attached hydrogens (tertiary/aromatic N) is 1. The molecule has 0 spiro atoms. The zero-order valence-electron chi connectivity index (χ0n) is 14.9. The molecule has 0 heterocycles. The molecule has 6 heteroatoms. The van der Waals surface area contributed by atoms with E-state index in [4.69, 9.17) is 0 Å². The van der Waals surface area contributed by atoms with Gasteiger partial charge in [0.05, 0.1) is 12.1 Å². The van der Waals surface area contributed by atoms with Crippen molar-refractivity contribution in [2.45, 2.75) is 56.5 Å². The minimum atomic E-state index is -0.637. The summed E-state index contributed by atoms with van der Waals surface area (Å²) in [5.74, 6) is 0.559. The van der Waals surface area contributed by atoms with Gasteiger partial charge in [-0.1, -0.05) is 25.0 Å². The highest BCUT2D eigenvalue weighted by atomic mass is 127. The normalized spacial score (nSPS) is 20.7. The summed E-state index contributed by atoms with van der Waals surface area (Å²) >= 11 is 0. The maximum atomic E-state index is 13.5. The van der Waals surface area contributed by atoms with Crippen LogP contribution in [0.25, 0.3) is 0 Å². The molecule has 2 aliphatic carbocycles. The Bertz CT molecular complexity index is 598. The van der Waals surface area contributed by atoms with Crippen LogP contribution >= 0.6 is 24.0 Å². The van der Waals surface area contributed by atoms with Crippen LogP contribution in [0.4, 0.5) is 4.39 Å². The Labute approximate surface area is 166 Å². The smallest absolute Gasteiger partial charge is 0.191 e. The van der Waals surface area contributed by atoms with Gasteiger partial charge in [0.1, 0.15) is 5.82 Å². The van der Waals surface area contributed by atoms with Crippen molar-refractivity contribution in [2.75, 3.05) is 19.6 Å². The van der Waals surface area contributed by atoms with Crippen LogP contribution in [0.1, 0.15) is 51.0 Å². The lowest BCUT2D eigenvalue weighted by Gasteiger charge is -2.22. The summed E-state index contributed by atoms with van der Waals surface area (Å²) in [6, 6.07) is 6.91. The van der Waals surface area contributed by atoms with E-state index in [1.54, 1.807) is 12.1 Å². The van der Waals surface area contributed by atoms with E-state index in [1.807, 2.05) is 13.0 Å². The quantitative estimate of drug-likeness (QED) is 0.346. The van der Waals surface area contributed by atoms with E-state index in [0.717, 1.165) is 63.1 Å². The standard InChI is InChI=1S/C19H28FN3O.HI/c1-2-21-17(23-14-19(24)8-3-4-9-19)22-13-18(10-11-18)15-6-5-7-16(20)12-15;/h5-7,12,24H,2-4,8-11,13-14H2,1H3,(H2,21,22,23);1H. The van der Waals surface area contributed by atoms with Crippen molar-refractivity contribution in [3.05, 3.63) is 35.6 Å². The van der Waals surface area contributed by atoms with Gasteiger partial charge in [-0.3, -0.25) is 4.99 Å². The predicted octanol–water partition coefficient (Wildman–Crippen LogP) is 3.34. The zero-order valence-corrected chi connectivity index (χ0v) is 17.2. The fraction of sp³-hybridized carbons (Fsp3) is 0.632. The summed E-state index contributed by atoms with van der Waals surface area (Å²) in [6.07, 6.45) is 5.96. The third kappa shape index (κ3) is 5.29. The minimum Gasteiger partial charge on any atom is -0.388 e. The highest BCUT2D eigenvalue weighted by molar-refractivity contribution is 14.0. The molecule has 1 aromatic carbocycles. The van der Waals surface area contributed by atoms with Crippen molar-refractivity contribution >= 4 is 29.9 Å². The first-order valence-electron chi connectivity index (χ1n) is 9.06. The van der Waals surface area contributed by atoms with E-state index in [2.05, 4.69) is 15.6 Å². The molecule has 3 rings (SSSR count). The second-order valence-electron chi connectivity index (χ2n) is 7.27. The van der Waals surface area contributed by atoms with Crippen LogP contribution in [0.15, 0.2) is 29.3 Å². The maximum absolute atomic E-state index is 13.5. The Hall–Kier alpha value is -0.890. The van der Waals surface area contributed by atoms with Gasteiger partial charge in [0.25, 0.3) is 0 Å². The first-order valence-corrected chi connectivity index (χ1v) is 9.06. The lowest BCUT2D eigenvalue weighted by Crippen LogP contribution is -2.42. The fourth-order valence-corrected chi connectivity index (χ4v) is 3.55. The largest absolute Gasteiger partial charge is 0.388 e. The van der Waals surface area contributed by atoms with Crippen molar-refractivity contribution in [1.82, 2.24) is 10.6 Å². The van der Waals surface area contributed by atoms with Crippen LogP contribution in [-0.2, 0) is 5.41 Å². The number of hydrogen-bond donors (Lipinski definition) is 3. The van der Waals surface area contributed by atoms with E-state index < -0.39 is 5.60 Å². The highest BCUT2D eigenvalue weighted by Crippen LogP contribution is 2.47. The molecule has 4 nitrogen and oxygen atoms in total. The van der Waals surface area contributed by atoms with Gasteiger partial charge < -0.3 is 15.7 Å². The van der Waals surface area contributed by atoms with Gasteiger partial charge in [0, 0.05) is 18.5 Å². The monoisotopic (exact) mass is 461 g/mol. The Balaban J connectivity index is 0.00000225. The Morgan fingerprint density at radius 1 is 1.20 bits per heavy atom. The Morgan fingerprint density at radius 3 is 2.52 bits per heavy atom. The highest BCUT2D eigenvalue weighted by Gasteiger charge is 2.44. The molecule has 3 N–H and O–H groups in total. The lowest BCUT2D eigenvalue weighted by molar-refractivity contribution is 0.0574. The average molecular weight is 461 g/mol. The maximum Gasteiger partial charge on any atom is 0.191 e. The third-order valence-corrected chi connectivity index (χ3v) is 5.29. The molecule has 2 aliphatic rings. The van der Waals surface area contributed by atoms with E-state index in [9.17, 15) is 9.50 Å². The molecule has 0 unspecified atom stereocenters. The second-order valence-corrected chi connectivity index (χ2v) is 7.27. The van der Waals surface area contributed by atoms with Gasteiger partial charge in [-0.25, -0.2) is 4.39 Å². The van der Waals surface area contributed by atoms with Gasteiger partial charge in [0.15, 0.2) is 5.96 Å². The first kappa shape index (κ1) is 20.4. The topological polar surface area (TPSA) is 56.7 Å².